The highest BCUT2D eigenvalue weighted by Crippen LogP contribution is 2.19. The molecule has 2 heterocycles. The molecular weight excluding hydrogens is 240 g/mol. The van der Waals surface area contributed by atoms with Crippen molar-refractivity contribution in [2.45, 2.75) is 19.9 Å². The Morgan fingerprint density at radius 2 is 2.06 bits per heavy atom. The standard InChI is InChI=1S/C11H17ClN4O/c1-8(2)13-11-14-9(12)7-10(15-11)16-3-5-17-6-4-16/h7-8H,3-6H2,1-2H3,(H,13,14,15). The predicted molar refractivity (Wildman–Crippen MR) is 68.8 cm³/mol. The highest BCUT2D eigenvalue weighted by atomic mass is 35.5. The van der Waals surface area contributed by atoms with Crippen molar-refractivity contribution in [3.05, 3.63) is 11.2 Å². The van der Waals surface area contributed by atoms with Crippen molar-refractivity contribution in [2.75, 3.05) is 36.5 Å². The van der Waals surface area contributed by atoms with E-state index in [9.17, 15) is 0 Å². The van der Waals surface area contributed by atoms with E-state index in [1.54, 1.807) is 6.07 Å². The second kappa shape index (κ2) is 5.51. The quantitative estimate of drug-likeness (QED) is 0.836. The second-order valence-corrected chi connectivity index (χ2v) is 4.66. The first kappa shape index (κ1) is 12.4. The Hall–Kier alpha value is -1.07. The molecule has 1 aliphatic rings. The molecular formula is C11H17ClN4O. The van der Waals surface area contributed by atoms with E-state index >= 15 is 0 Å². The molecule has 0 saturated carbocycles. The molecule has 0 aromatic carbocycles. The van der Waals surface area contributed by atoms with Gasteiger partial charge in [0, 0.05) is 25.2 Å². The molecule has 1 saturated heterocycles. The Bertz CT molecular complexity index is 380. The van der Waals surface area contributed by atoms with Crippen LogP contribution in [0.15, 0.2) is 6.07 Å². The molecule has 2 rings (SSSR count). The Kier molecular flexibility index (Phi) is 4.02. The van der Waals surface area contributed by atoms with Gasteiger partial charge < -0.3 is 15.0 Å². The number of anilines is 2. The number of ether oxygens (including phenoxy) is 1. The molecule has 0 spiro atoms. The Morgan fingerprint density at radius 3 is 2.71 bits per heavy atom. The van der Waals surface area contributed by atoms with Gasteiger partial charge >= 0.3 is 0 Å². The molecule has 0 radical (unpaired) electrons. The lowest BCUT2D eigenvalue weighted by Crippen LogP contribution is -2.37. The Balaban J connectivity index is 2.18. The number of nitrogens with one attached hydrogen (secondary N) is 1. The van der Waals surface area contributed by atoms with Gasteiger partial charge in [-0.2, -0.15) is 4.98 Å². The van der Waals surface area contributed by atoms with E-state index in [0.29, 0.717) is 11.1 Å². The second-order valence-electron chi connectivity index (χ2n) is 4.27. The normalized spacial score (nSPS) is 16.4. The van der Waals surface area contributed by atoms with Gasteiger partial charge in [0.25, 0.3) is 0 Å². The molecule has 1 aliphatic heterocycles. The lowest BCUT2D eigenvalue weighted by Gasteiger charge is -2.28. The van der Waals surface area contributed by atoms with Crippen LogP contribution in [0.5, 0.6) is 0 Å². The van der Waals surface area contributed by atoms with E-state index < -0.39 is 0 Å². The first-order valence-electron chi connectivity index (χ1n) is 5.79. The highest BCUT2D eigenvalue weighted by Gasteiger charge is 2.14. The lowest BCUT2D eigenvalue weighted by atomic mass is 10.4. The Morgan fingerprint density at radius 1 is 1.35 bits per heavy atom. The molecule has 1 fully saturated rings. The van der Waals surface area contributed by atoms with Gasteiger partial charge in [-0.25, -0.2) is 4.98 Å². The van der Waals surface area contributed by atoms with Crippen LogP contribution >= 0.6 is 11.6 Å². The molecule has 94 valence electrons. The summed E-state index contributed by atoms with van der Waals surface area (Å²) in [5.41, 5.74) is 0. The summed E-state index contributed by atoms with van der Waals surface area (Å²) in [4.78, 5) is 10.8. The average Bonchev–Trinajstić information content (AvgIpc) is 2.28. The molecule has 1 N–H and O–H groups in total. The van der Waals surface area contributed by atoms with Crippen molar-refractivity contribution >= 4 is 23.4 Å². The zero-order chi connectivity index (χ0) is 12.3. The largest absolute Gasteiger partial charge is 0.378 e. The molecule has 0 aliphatic carbocycles. The van der Waals surface area contributed by atoms with E-state index in [1.165, 1.54) is 0 Å². The van der Waals surface area contributed by atoms with Gasteiger partial charge in [0.05, 0.1) is 13.2 Å². The first-order valence-corrected chi connectivity index (χ1v) is 6.17. The SMILES string of the molecule is CC(C)Nc1nc(Cl)cc(N2CCOCC2)n1. The van der Waals surface area contributed by atoms with Crippen molar-refractivity contribution in [1.82, 2.24) is 9.97 Å². The maximum absolute atomic E-state index is 6.00. The van der Waals surface area contributed by atoms with Crippen LogP contribution in [0.25, 0.3) is 0 Å². The molecule has 1 aromatic rings. The van der Waals surface area contributed by atoms with E-state index in [0.717, 1.165) is 32.1 Å². The minimum absolute atomic E-state index is 0.283. The van der Waals surface area contributed by atoms with E-state index in [2.05, 4.69) is 20.2 Å². The van der Waals surface area contributed by atoms with Crippen LogP contribution in [0.3, 0.4) is 0 Å². The van der Waals surface area contributed by atoms with Crippen LogP contribution in [-0.4, -0.2) is 42.3 Å². The number of halogens is 1. The summed E-state index contributed by atoms with van der Waals surface area (Å²) in [7, 11) is 0. The minimum atomic E-state index is 0.283. The monoisotopic (exact) mass is 256 g/mol. The molecule has 17 heavy (non-hydrogen) atoms. The van der Waals surface area contributed by atoms with Gasteiger partial charge in [0.1, 0.15) is 11.0 Å². The minimum Gasteiger partial charge on any atom is -0.378 e. The number of morpholine rings is 1. The number of hydrogen-bond donors (Lipinski definition) is 1. The zero-order valence-corrected chi connectivity index (χ0v) is 10.9. The number of hydrogen-bond acceptors (Lipinski definition) is 5. The van der Waals surface area contributed by atoms with Gasteiger partial charge in [0.15, 0.2) is 0 Å². The summed E-state index contributed by atoms with van der Waals surface area (Å²) in [5.74, 6) is 1.44. The van der Waals surface area contributed by atoms with Crippen molar-refractivity contribution < 1.29 is 4.74 Å². The van der Waals surface area contributed by atoms with Crippen LogP contribution in [0, 0.1) is 0 Å². The van der Waals surface area contributed by atoms with Crippen LogP contribution in [0.2, 0.25) is 5.15 Å². The molecule has 0 unspecified atom stereocenters. The fraction of sp³-hybridized carbons (Fsp3) is 0.636. The van der Waals surface area contributed by atoms with Crippen LogP contribution in [0.4, 0.5) is 11.8 Å². The van der Waals surface area contributed by atoms with E-state index in [-0.39, 0.29) is 6.04 Å². The van der Waals surface area contributed by atoms with Crippen molar-refractivity contribution in [1.29, 1.82) is 0 Å². The smallest absolute Gasteiger partial charge is 0.226 e. The summed E-state index contributed by atoms with van der Waals surface area (Å²) in [6.07, 6.45) is 0. The predicted octanol–water partition coefficient (Wildman–Crippen LogP) is 1.79. The summed E-state index contributed by atoms with van der Waals surface area (Å²) in [6, 6.07) is 2.07. The van der Waals surface area contributed by atoms with Crippen LogP contribution in [0.1, 0.15) is 13.8 Å². The molecule has 5 nitrogen and oxygen atoms in total. The van der Waals surface area contributed by atoms with Gasteiger partial charge in [-0.15, -0.1) is 0 Å². The highest BCUT2D eigenvalue weighted by molar-refractivity contribution is 6.29. The first-order chi connectivity index (χ1) is 8.15. The third kappa shape index (κ3) is 3.44. The van der Waals surface area contributed by atoms with E-state index in [1.807, 2.05) is 13.8 Å². The fourth-order valence-corrected chi connectivity index (χ4v) is 1.86. The summed E-state index contributed by atoms with van der Waals surface area (Å²) < 4.78 is 5.31. The lowest BCUT2D eigenvalue weighted by molar-refractivity contribution is 0.122. The van der Waals surface area contributed by atoms with Gasteiger partial charge in [-0.1, -0.05) is 11.6 Å². The average molecular weight is 257 g/mol. The maximum atomic E-state index is 6.00. The van der Waals surface area contributed by atoms with Gasteiger partial charge in [-0.3, -0.25) is 0 Å². The molecule has 0 amide bonds. The number of aromatic nitrogens is 2. The molecule has 1 aromatic heterocycles. The topological polar surface area (TPSA) is 50.3 Å². The summed E-state index contributed by atoms with van der Waals surface area (Å²) in [6.45, 7) is 7.23. The number of rotatable bonds is 3. The third-order valence-electron chi connectivity index (χ3n) is 2.43. The van der Waals surface area contributed by atoms with Crippen LogP contribution in [-0.2, 0) is 4.74 Å². The molecule has 6 heteroatoms. The maximum Gasteiger partial charge on any atom is 0.226 e. The van der Waals surface area contributed by atoms with Crippen molar-refractivity contribution in [2.24, 2.45) is 0 Å². The summed E-state index contributed by atoms with van der Waals surface area (Å²) in [5, 5.41) is 3.62. The fourth-order valence-electron chi connectivity index (χ4n) is 1.68. The van der Waals surface area contributed by atoms with Crippen molar-refractivity contribution in [3.63, 3.8) is 0 Å². The van der Waals surface area contributed by atoms with Crippen molar-refractivity contribution in [3.8, 4) is 0 Å². The van der Waals surface area contributed by atoms with E-state index in [4.69, 9.17) is 16.3 Å². The zero-order valence-electron chi connectivity index (χ0n) is 10.1. The third-order valence-corrected chi connectivity index (χ3v) is 2.63. The molecule has 0 bridgehead atoms. The van der Waals surface area contributed by atoms with Crippen LogP contribution < -0.4 is 10.2 Å². The number of nitrogens with zero attached hydrogens (tertiary/aromatic N) is 3. The molecule has 0 atom stereocenters. The summed E-state index contributed by atoms with van der Waals surface area (Å²) >= 11 is 6.00. The van der Waals surface area contributed by atoms with Gasteiger partial charge in [-0.05, 0) is 13.8 Å². The van der Waals surface area contributed by atoms with Gasteiger partial charge in [0.2, 0.25) is 5.95 Å². The Labute approximate surface area is 106 Å².